The van der Waals surface area contributed by atoms with Gasteiger partial charge in [-0.05, 0) is 111 Å². The lowest BCUT2D eigenvalue weighted by atomic mass is 10.1. The van der Waals surface area contributed by atoms with Crippen molar-refractivity contribution in [3.05, 3.63) is 113 Å². The number of nitrogens with zero attached hydrogens (tertiary/aromatic N) is 4. The molecule has 61 heavy (non-hydrogen) atoms. The number of hydrogen-bond acceptors (Lipinski definition) is 14. The molecule has 0 fully saturated rings. The standard InChI is InChI=1S/C22H25FN4O3S.C14H20N2OS.C8H6BrFO2/c1-3-27(4-2)11-12-30-16-8-6-15(7-9-16)25-22-26-21(24)20(31-22)19(29)14-5-10-18(28)17(23)13-14;1-3-16(4-2)10-11-17-14-7-5-13(6-8-14)15-9-12-18;9-4-8(12)5-1-2-7(11)6(10)3-5/h5-10,13,28H,3-4,11-12,24H2,1-2H3,(H,25,26);5-9,12H,3-4,10-11H2,1-2H3;1-3,11H,4H2. The van der Waals surface area contributed by atoms with Crippen molar-refractivity contribution in [3.8, 4) is 23.0 Å². The molecule has 0 aliphatic carbocycles. The fourth-order valence-corrected chi connectivity index (χ4v) is 6.50. The first-order valence-corrected chi connectivity index (χ1v) is 21.8. The van der Waals surface area contributed by atoms with Crippen LogP contribution in [0, 0.1) is 11.6 Å². The zero-order valence-electron chi connectivity index (χ0n) is 34.4. The molecule has 5 N–H and O–H groups in total. The predicted molar refractivity (Wildman–Crippen MR) is 249 cm³/mol. The van der Waals surface area contributed by atoms with Gasteiger partial charge in [0.15, 0.2) is 34.0 Å². The molecule has 0 bridgehead atoms. The monoisotopic (exact) mass is 940 g/mol. The van der Waals surface area contributed by atoms with E-state index in [4.69, 9.17) is 20.3 Å². The highest BCUT2D eigenvalue weighted by molar-refractivity contribution is 9.09. The fourth-order valence-electron chi connectivity index (χ4n) is 5.25. The third-order valence-electron chi connectivity index (χ3n) is 8.83. The van der Waals surface area contributed by atoms with Gasteiger partial charge in [-0.1, -0.05) is 67.2 Å². The van der Waals surface area contributed by atoms with E-state index >= 15 is 0 Å². The minimum absolute atomic E-state index is 0.0577. The van der Waals surface area contributed by atoms with Crippen LogP contribution in [0.2, 0.25) is 0 Å². The van der Waals surface area contributed by atoms with Crippen molar-refractivity contribution in [2.75, 3.05) is 68.9 Å². The van der Waals surface area contributed by atoms with Gasteiger partial charge >= 0.3 is 0 Å². The molecule has 1 heterocycles. The Bertz CT molecular complexity index is 2170. The molecule has 4 aromatic carbocycles. The maximum Gasteiger partial charge on any atom is 0.206 e. The van der Waals surface area contributed by atoms with E-state index in [0.29, 0.717) is 18.3 Å². The summed E-state index contributed by atoms with van der Waals surface area (Å²) in [5.74, 6) is -1.58. The highest BCUT2D eigenvalue weighted by Crippen LogP contribution is 2.31. The van der Waals surface area contributed by atoms with E-state index in [-0.39, 0.29) is 32.9 Å². The van der Waals surface area contributed by atoms with E-state index in [0.717, 1.165) is 97.7 Å². The Kier molecular flexibility index (Phi) is 22.0. The number of hydrogen-bond donors (Lipinski definition) is 4. The highest BCUT2D eigenvalue weighted by Gasteiger charge is 2.19. The Hall–Kier alpha value is -5.33. The van der Waals surface area contributed by atoms with Gasteiger partial charge in [0.25, 0.3) is 0 Å². The predicted octanol–water partition coefficient (Wildman–Crippen LogP) is 9.48. The maximum absolute atomic E-state index is 13.6. The zero-order valence-corrected chi connectivity index (χ0v) is 37.7. The van der Waals surface area contributed by atoms with Gasteiger partial charge in [-0.2, -0.15) is 0 Å². The first-order chi connectivity index (χ1) is 29.3. The number of anilines is 3. The number of thiocarbonyl (C=S) groups is 1. The van der Waals surface area contributed by atoms with Crippen LogP contribution >= 0.6 is 39.5 Å². The van der Waals surface area contributed by atoms with Crippen molar-refractivity contribution in [1.29, 1.82) is 0 Å². The molecule has 0 radical (unpaired) electrons. The molecule has 1 aromatic heterocycles. The Labute approximate surface area is 373 Å². The van der Waals surface area contributed by atoms with Crippen LogP contribution in [-0.4, -0.2) is 106 Å². The summed E-state index contributed by atoms with van der Waals surface area (Å²) in [5.41, 5.74) is 7.88. The van der Waals surface area contributed by atoms with Gasteiger partial charge in [0.1, 0.15) is 35.4 Å². The van der Waals surface area contributed by atoms with Gasteiger partial charge in [0, 0.05) is 41.5 Å². The lowest BCUT2D eigenvalue weighted by molar-refractivity contribution is 0.102. The third kappa shape index (κ3) is 16.9. The minimum atomic E-state index is -0.869. The van der Waals surface area contributed by atoms with Crippen LogP contribution in [0.15, 0.2) is 89.9 Å². The van der Waals surface area contributed by atoms with E-state index < -0.39 is 28.9 Å². The topological polar surface area (TPSA) is 163 Å². The summed E-state index contributed by atoms with van der Waals surface area (Å²) in [6.07, 6.45) is 1.60. The number of Topliss-reactive ketones (excluding diaryl/α,β-unsaturated/α-hetero) is 1. The average Bonchev–Trinajstić information content (AvgIpc) is 3.65. The summed E-state index contributed by atoms with van der Waals surface area (Å²) in [4.78, 5) is 36.8. The number of nitrogens with one attached hydrogen (secondary N) is 1. The van der Waals surface area contributed by atoms with Gasteiger partial charge in [0.05, 0.1) is 11.0 Å². The van der Waals surface area contributed by atoms with Gasteiger partial charge in [-0.25, -0.2) is 13.8 Å². The second-order valence-electron chi connectivity index (χ2n) is 12.8. The number of nitrogens with two attached hydrogens (primary N) is 1. The van der Waals surface area contributed by atoms with Crippen LogP contribution in [0.1, 0.15) is 53.3 Å². The number of nitrogen functional groups attached to an aromatic ring is 1. The lowest BCUT2D eigenvalue weighted by Crippen LogP contribution is -2.27. The fraction of sp³-hybridized carbons (Fsp3) is 0.295. The van der Waals surface area contributed by atoms with Crippen LogP contribution in [0.3, 0.4) is 0 Å². The second kappa shape index (κ2) is 26.8. The molecule has 5 rings (SSSR count). The number of phenolic OH excluding ortho intramolecular Hbond substituents is 2. The molecule has 0 amide bonds. The molecule has 17 heteroatoms. The highest BCUT2D eigenvalue weighted by atomic mass is 79.9. The van der Waals surface area contributed by atoms with Gasteiger partial charge < -0.3 is 40.5 Å². The summed E-state index contributed by atoms with van der Waals surface area (Å²) < 4.78 is 37.7. The quantitative estimate of drug-likeness (QED) is 0.0254. The van der Waals surface area contributed by atoms with Crippen molar-refractivity contribution >= 4 is 85.0 Å². The number of aromatic hydroxyl groups is 2. The Morgan fingerprint density at radius 3 is 1.79 bits per heavy atom. The van der Waals surface area contributed by atoms with E-state index in [9.17, 15) is 23.5 Å². The minimum Gasteiger partial charge on any atom is -0.505 e. The molecule has 326 valence electrons. The SMILES string of the molecule is CCN(CC)CCOc1ccc(N=CC=S)cc1.CCN(CC)CCOc1ccc(Nc2nc(N)c(C(=O)c3ccc(O)c(F)c3)s2)cc1.O=C(CBr)c1ccc(O)c(F)c1. The number of ketones is 2. The summed E-state index contributed by atoms with van der Waals surface area (Å²) in [7, 11) is 0. The van der Waals surface area contributed by atoms with Gasteiger partial charge in [-0.3, -0.25) is 14.6 Å². The second-order valence-corrected chi connectivity index (χ2v) is 14.6. The number of rotatable bonds is 20. The molecule has 0 aliphatic rings. The summed E-state index contributed by atoms with van der Waals surface area (Å²) in [6.45, 7) is 15.8. The van der Waals surface area contributed by atoms with E-state index in [1.807, 2.05) is 48.5 Å². The van der Waals surface area contributed by atoms with Crippen LogP contribution < -0.4 is 20.5 Å². The summed E-state index contributed by atoms with van der Waals surface area (Å²) >= 11 is 8.71. The number of phenols is 2. The number of halogens is 3. The van der Waals surface area contributed by atoms with Crippen LogP contribution in [0.4, 0.5) is 31.1 Å². The smallest absolute Gasteiger partial charge is 0.206 e. The number of aliphatic imine (C=N–C) groups is 1. The molecule has 5 aromatic rings. The van der Waals surface area contributed by atoms with Crippen LogP contribution in [0.25, 0.3) is 0 Å². The van der Waals surface area contributed by atoms with E-state index in [1.54, 1.807) is 6.21 Å². The van der Waals surface area contributed by atoms with Crippen LogP contribution in [-0.2, 0) is 0 Å². The summed E-state index contributed by atoms with van der Waals surface area (Å²) in [6, 6.07) is 22.1. The van der Waals surface area contributed by atoms with Crippen molar-refractivity contribution in [1.82, 2.24) is 14.8 Å². The Balaban J connectivity index is 0.000000278. The first-order valence-electron chi connectivity index (χ1n) is 19.4. The van der Waals surface area contributed by atoms with Gasteiger partial charge in [0.2, 0.25) is 5.78 Å². The third-order valence-corrected chi connectivity index (χ3v) is 10.4. The van der Waals surface area contributed by atoms with Crippen molar-refractivity contribution in [2.24, 2.45) is 4.99 Å². The number of aromatic nitrogens is 1. The molecule has 0 aliphatic heterocycles. The average molecular weight is 942 g/mol. The molecular weight excluding hydrogens is 891 g/mol. The largest absolute Gasteiger partial charge is 0.505 e. The number of thiazole rings is 1. The summed E-state index contributed by atoms with van der Waals surface area (Å²) in [5, 5.41) is 23.3. The molecular formula is C44H51BrF2N6O6S2. The lowest BCUT2D eigenvalue weighted by Gasteiger charge is -2.18. The van der Waals surface area contributed by atoms with Gasteiger partial charge in [-0.15, -0.1) is 0 Å². The van der Waals surface area contributed by atoms with Crippen molar-refractivity contribution < 1.29 is 38.1 Å². The molecule has 0 atom stereocenters. The number of benzene rings is 4. The molecule has 0 unspecified atom stereocenters. The number of carbonyl (C=O) groups is 2. The molecule has 0 spiro atoms. The van der Waals surface area contributed by atoms with Crippen molar-refractivity contribution in [3.63, 3.8) is 0 Å². The Morgan fingerprint density at radius 2 is 1.31 bits per heavy atom. The number of likely N-dealkylation sites (N-methyl/N-ethyl adjacent to an activating group) is 2. The molecule has 12 nitrogen and oxygen atoms in total. The first kappa shape index (κ1) is 50.0. The molecule has 0 saturated heterocycles. The van der Waals surface area contributed by atoms with Crippen LogP contribution in [0.5, 0.6) is 23.0 Å². The van der Waals surface area contributed by atoms with Crippen molar-refractivity contribution in [2.45, 2.75) is 27.7 Å². The maximum atomic E-state index is 13.6. The number of carbonyl (C=O) groups excluding carboxylic acids is 2. The number of alkyl halides is 1. The molecule has 0 saturated carbocycles. The Morgan fingerprint density at radius 1 is 0.820 bits per heavy atom. The normalized spacial score (nSPS) is 10.8. The van der Waals surface area contributed by atoms with E-state index in [2.05, 4.69) is 80.9 Å². The number of ether oxygens (including phenoxy) is 2. The zero-order chi connectivity index (χ0) is 44.7. The van der Waals surface area contributed by atoms with E-state index in [1.165, 1.54) is 17.5 Å².